The fourth-order valence-electron chi connectivity index (χ4n) is 4.58. The third-order valence-corrected chi connectivity index (χ3v) is 5.74. The molecule has 0 aliphatic heterocycles. The first-order valence-corrected chi connectivity index (χ1v) is 8.98. The molecule has 4 heteroatoms. The third kappa shape index (κ3) is 3.10. The first-order valence-electron chi connectivity index (χ1n) is 8.98. The summed E-state index contributed by atoms with van der Waals surface area (Å²) in [5, 5.41) is 3.18. The molecule has 2 aromatic rings. The highest BCUT2D eigenvalue weighted by molar-refractivity contribution is 5.78. The van der Waals surface area contributed by atoms with Crippen molar-refractivity contribution in [3.63, 3.8) is 0 Å². The van der Waals surface area contributed by atoms with Crippen LogP contribution in [0.1, 0.15) is 38.3 Å². The topological polar surface area (TPSA) is 55.1 Å². The summed E-state index contributed by atoms with van der Waals surface area (Å²) >= 11 is 0. The smallest absolute Gasteiger partial charge is 0.226 e. The number of rotatable bonds is 5. The maximum atomic E-state index is 12.3. The summed E-state index contributed by atoms with van der Waals surface area (Å²) in [6, 6.07) is 10.0. The molecular formula is C20H24N2O2. The van der Waals surface area contributed by atoms with Crippen molar-refractivity contribution in [2.24, 2.45) is 17.8 Å². The van der Waals surface area contributed by atoms with E-state index in [1.165, 1.54) is 25.7 Å². The van der Waals surface area contributed by atoms with Gasteiger partial charge in [0.05, 0.1) is 12.1 Å². The Bertz CT molecular complexity index is 709. The number of hydrogen-bond donors (Lipinski definition) is 1. The van der Waals surface area contributed by atoms with Gasteiger partial charge in [0, 0.05) is 11.6 Å². The second kappa shape index (κ2) is 6.42. The maximum Gasteiger partial charge on any atom is 0.226 e. The fraction of sp³-hybridized carbons (Fsp3) is 0.500. The average molecular weight is 324 g/mol. The lowest BCUT2D eigenvalue weighted by Gasteiger charge is -2.28. The number of carbonyl (C=O) groups is 1. The molecule has 1 aromatic carbocycles. The second-order valence-electron chi connectivity index (χ2n) is 7.38. The normalized spacial score (nSPS) is 26.5. The van der Waals surface area contributed by atoms with Crippen molar-refractivity contribution in [2.75, 3.05) is 0 Å². The lowest BCUT2D eigenvalue weighted by atomic mass is 9.84. The van der Waals surface area contributed by atoms with Gasteiger partial charge in [0.1, 0.15) is 6.26 Å². The Morgan fingerprint density at radius 2 is 2.12 bits per heavy atom. The summed E-state index contributed by atoms with van der Waals surface area (Å²) in [6.07, 6.45) is 7.26. The molecule has 1 aromatic heterocycles. The van der Waals surface area contributed by atoms with Crippen molar-refractivity contribution in [2.45, 2.75) is 45.1 Å². The van der Waals surface area contributed by atoms with Gasteiger partial charge in [-0.05, 0) is 56.1 Å². The van der Waals surface area contributed by atoms with E-state index in [0.717, 1.165) is 17.4 Å². The van der Waals surface area contributed by atoms with Gasteiger partial charge in [0.15, 0.2) is 0 Å². The van der Waals surface area contributed by atoms with E-state index in [0.29, 0.717) is 17.5 Å². The largest absolute Gasteiger partial charge is 0.444 e. The molecule has 1 N–H and O–H groups in total. The molecule has 4 rings (SSSR count). The molecule has 4 atom stereocenters. The van der Waals surface area contributed by atoms with E-state index in [1.54, 1.807) is 6.26 Å². The molecule has 0 radical (unpaired) electrons. The highest BCUT2D eigenvalue weighted by Crippen LogP contribution is 2.49. The van der Waals surface area contributed by atoms with E-state index in [2.05, 4.69) is 17.2 Å². The van der Waals surface area contributed by atoms with Gasteiger partial charge in [-0.3, -0.25) is 4.79 Å². The summed E-state index contributed by atoms with van der Waals surface area (Å²) in [6.45, 7) is 2.15. The monoisotopic (exact) mass is 324 g/mol. The van der Waals surface area contributed by atoms with Gasteiger partial charge in [0.2, 0.25) is 11.8 Å². The van der Waals surface area contributed by atoms with Crippen LogP contribution in [0.2, 0.25) is 0 Å². The average Bonchev–Trinajstić information content (AvgIpc) is 3.32. The minimum atomic E-state index is 0.0400. The van der Waals surface area contributed by atoms with Crippen molar-refractivity contribution in [1.82, 2.24) is 10.3 Å². The number of amides is 1. The highest BCUT2D eigenvalue weighted by Gasteiger charge is 2.42. The zero-order valence-corrected chi connectivity index (χ0v) is 14.1. The molecule has 2 aliphatic carbocycles. The lowest BCUT2D eigenvalue weighted by Crippen LogP contribution is -2.40. The van der Waals surface area contributed by atoms with Gasteiger partial charge in [-0.25, -0.2) is 4.98 Å². The SMILES string of the molecule is C[C@@H](NC(=O)Cc1coc(-c2ccccc2)n1)[C@H]1C[C@@H]2CC[C@@H]1C2. The predicted molar refractivity (Wildman–Crippen MR) is 92.2 cm³/mol. The second-order valence-corrected chi connectivity index (χ2v) is 7.38. The molecule has 4 nitrogen and oxygen atoms in total. The van der Waals surface area contributed by atoms with Crippen molar-refractivity contribution in [1.29, 1.82) is 0 Å². The summed E-state index contributed by atoms with van der Waals surface area (Å²) in [4.78, 5) is 16.8. The van der Waals surface area contributed by atoms with Gasteiger partial charge in [-0.15, -0.1) is 0 Å². The van der Waals surface area contributed by atoms with Gasteiger partial charge < -0.3 is 9.73 Å². The Kier molecular flexibility index (Phi) is 4.13. The summed E-state index contributed by atoms with van der Waals surface area (Å²) in [5.74, 6) is 2.99. The van der Waals surface area contributed by atoms with E-state index in [4.69, 9.17) is 4.42 Å². The molecule has 2 fully saturated rings. The quantitative estimate of drug-likeness (QED) is 0.909. The van der Waals surface area contributed by atoms with E-state index in [-0.39, 0.29) is 18.4 Å². The van der Waals surface area contributed by atoms with Crippen LogP contribution in [0.5, 0.6) is 0 Å². The van der Waals surface area contributed by atoms with Crippen LogP contribution in [0, 0.1) is 17.8 Å². The number of hydrogen-bond acceptors (Lipinski definition) is 3. The Balaban J connectivity index is 1.34. The Hall–Kier alpha value is -2.10. The van der Waals surface area contributed by atoms with Gasteiger partial charge in [-0.2, -0.15) is 0 Å². The zero-order valence-electron chi connectivity index (χ0n) is 14.1. The van der Waals surface area contributed by atoms with Crippen LogP contribution in [0.4, 0.5) is 0 Å². The Morgan fingerprint density at radius 3 is 2.83 bits per heavy atom. The number of carbonyl (C=O) groups excluding carboxylic acids is 1. The van der Waals surface area contributed by atoms with E-state index in [9.17, 15) is 4.79 Å². The van der Waals surface area contributed by atoms with E-state index in [1.807, 2.05) is 30.3 Å². The van der Waals surface area contributed by atoms with Crippen molar-refractivity contribution in [3.8, 4) is 11.5 Å². The van der Waals surface area contributed by atoms with E-state index >= 15 is 0 Å². The number of nitrogens with zero attached hydrogens (tertiary/aromatic N) is 1. The van der Waals surface area contributed by atoms with Crippen LogP contribution in [-0.2, 0) is 11.2 Å². The summed E-state index contributed by atoms with van der Waals surface area (Å²) < 4.78 is 5.51. The molecule has 126 valence electrons. The van der Waals surface area contributed by atoms with Crippen LogP contribution in [0.15, 0.2) is 41.0 Å². The molecule has 0 saturated heterocycles. The molecule has 24 heavy (non-hydrogen) atoms. The number of aromatic nitrogens is 1. The Morgan fingerprint density at radius 1 is 1.29 bits per heavy atom. The fourth-order valence-corrected chi connectivity index (χ4v) is 4.58. The van der Waals surface area contributed by atoms with E-state index < -0.39 is 0 Å². The molecule has 0 spiro atoms. The van der Waals surface area contributed by atoms with Gasteiger partial charge in [0.25, 0.3) is 0 Å². The molecule has 2 aliphatic rings. The predicted octanol–water partition coefficient (Wildman–Crippen LogP) is 3.83. The standard InChI is InChI=1S/C20H24N2O2/c1-13(18-10-14-7-8-16(18)9-14)21-19(23)11-17-12-24-20(22-17)15-5-3-2-4-6-15/h2-6,12-14,16,18H,7-11H2,1H3,(H,21,23)/t13-,14-,16-,18-/m1/s1. The lowest BCUT2D eigenvalue weighted by molar-refractivity contribution is -0.121. The maximum absolute atomic E-state index is 12.3. The van der Waals surface area contributed by atoms with Crippen LogP contribution >= 0.6 is 0 Å². The third-order valence-electron chi connectivity index (χ3n) is 5.74. The Labute approximate surface area is 142 Å². The molecule has 1 amide bonds. The first-order chi connectivity index (χ1) is 11.7. The minimum absolute atomic E-state index is 0.0400. The number of nitrogens with one attached hydrogen (secondary N) is 1. The molecule has 2 bridgehead atoms. The zero-order chi connectivity index (χ0) is 16.5. The summed E-state index contributed by atoms with van der Waals surface area (Å²) in [5.41, 5.74) is 1.62. The number of fused-ring (bicyclic) bond motifs is 2. The van der Waals surface area contributed by atoms with Crippen LogP contribution < -0.4 is 5.32 Å². The van der Waals surface area contributed by atoms with Crippen LogP contribution in [0.3, 0.4) is 0 Å². The highest BCUT2D eigenvalue weighted by atomic mass is 16.3. The number of benzene rings is 1. The van der Waals surface area contributed by atoms with Gasteiger partial charge >= 0.3 is 0 Å². The van der Waals surface area contributed by atoms with Crippen molar-refractivity contribution < 1.29 is 9.21 Å². The molecule has 0 unspecified atom stereocenters. The van der Waals surface area contributed by atoms with Crippen LogP contribution in [-0.4, -0.2) is 16.9 Å². The minimum Gasteiger partial charge on any atom is -0.444 e. The molecule has 1 heterocycles. The number of oxazole rings is 1. The first kappa shape index (κ1) is 15.4. The van der Waals surface area contributed by atoms with Crippen LogP contribution in [0.25, 0.3) is 11.5 Å². The van der Waals surface area contributed by atoms with Gasteiger partial charge in [-0.1, -0.05) is 24.6 Å². The summed E-state index contributed by atoms with van der Waals surface area (Å²) in [7, 11) is 0. The molecular weight excluding hydrogens is 300 g/mol. The molecule has 2 saturated carbocycles. The van der Waals surface area contributed by atoms with Crippen molar-refractivity contribution >= 4 is 5.91 Å². The van der Waals surface area contributed by atoms with Crippen molar-refractivity contribution in [3.05, 3.63) is 42.3 Å².